The number of nitrogens with two attached hydrogens (primary N) is 1. The molecule has 0 heterocycles. The summed E-state index contributed by atoms with van der Waals surface area (Å²) in [4.78, 5) is 11.5. The minimum absolute atomic E-state index is 0.0240. The Morgan fingerprint density at radius 2 is 2.19 bits per heavy atom. The number of carbonyl (C=O) groups is 1. The summed E-state index contributed by atoms with van der Waals surface area (Å²) in [7, 11) is 0. The predicted molar refractivity (Wildman–Crippen MR) is 77.9 cm³/mol. The molecular weight excluding hydrogens is 356 g/mol. The fourth-order valence-electron chi connectivity index (χ4n) is 1.12. The van der Waals surface area contributed by atoms with Crippen molar-refractivity contribution in [2.75, 3.05) is 23.1 Å². The normalized spacial score (nSPS) is 10.2. The van der Waals surface area contributed by atoms with Crippen molar-refractivity contribution in [3.05, 3.63) is 21.1 Å². The zero-order chi connectivity index (χ0) is 12.1. The summed E-state index contributed by atoms with van der Waals surface area (Å²) in [6.45, 7) is 0. The lowest BCUT2D eigenvalue weighted by molar-refractivity contribution is -0.115. The van der Waals surface area contributed by atoms with Gasteiger partial charge < -0.3 is 11.1 Å². The van der Waals surface area contributed by atoms with Gasteiger partial charge in [-0.2, -0.15) is 11.8 Å². The monoisotopic (exact) mass is 366 g/mol. The molecule has 1 aromatic carbocycles. The van der Waals surface area contributed by atoms with Crippen LogP contribution in [0.25, 0.3) is 0 Å². The van der Waals surface area contributed by atoms with E-state index in [4.69, 9.17) is 5.73 Å². The van der Waals surface area contributed by atoms with E-state index < -0.39 is 0 Å². The zero-order valence-electron chi connectivity index (χ0n) is 8.72. The molecule has 0 aliphatic carbocycles. The van der Waals surface area contributed by atoms with Gasteiger partial charge >= 0.3 is 0 Å². The Morgan fingerprint density at radius 1 is 1.50 bits per heavy atom. The van der Waals surface area contributed by atoms with Crippen LogP contribution in [0.5, 0.6) is 0 Å². The Labute approximate surface area is 116 Å². The topological polar surface area (TPSA) is 55.1 Å². The number of hydrogen-bond donors (Lipinski definition) is 2. The summed E-state index contributed by atoms with van der Waals surface area (Å²) in [6.07, 6.45) is 2.46. The Balaban J connectivity index is 2.77. The molecule has 0 saturated carbocycles. The maximum Gasteiger partial charge on any atom is 0.225 e. The highest BCUT2D eigenvalue weighted by molar-refractivity contribution is 9.11. The van der Waals surface area contributed by atoms with Crippen molar-refractivity contribution >= 4 is 60.9 Å². The minimum atomic E-state index is -0.0240. The molecule has 0 fully saturated rings. The van der Waals surface area contributed by atoms with E-state index in [0.29, 0.717) is 17.8 Å². The largest absolute Gasteiger partial charge is 0.397 e. The van der Waals surface area contributed by atoms with Crippen LogP contribution in [-0.4, -0.2) is 17.9 Å². The molecule has 0 aliphatic rings. The van der Waals surface area contributed by atoms with Crippen LogP contribution >= 0.6 is 43.6 Å². The molecule has 0 radical (unpaired) electrons. The van der Waals surface area contributed by atoms with Crippen molar-refractivity contribution in [3.8, 4) is 0 Å². The lowest BCUT2D eigenvalue weighted by Gasteiger charge is -2.10. The summed E-state index contributed by atoms with van der Waals surface area (Å²) in [5.74, 6) is 0.781. The van der Waals surface area contributed by atoms with Crippen molar-refractivity contribution in [3.63, 3.8) is 0 Å². The minimum Gasteiger partial charge on any atom is -0.397 e. The van der Waals surface area contributed by atoms with E-state index in [1.807, 2.05) is 12.3 Å². The fraction of sp³-hybridized carbons (Fsp3) is 0.300. The Morgan fingerprint density at radius 3 is 2.75 bits per heavy atom. The molecule has 0 unspecified atom stereocenters. The maximum absolute atomic E-state index is 11.5. The van der Waals surface area contributed by atoms with Crippen molar-refractivity contribution in [1.82, 2.24) is 0 Å². The quantitative estimate of drug-likeness (QED) is 0.801. The average molecular weight is 368 g/mol. The van der Waals surface area contributed by atoms with E-state index in [9.17, 15) is 4.79 Å². The van der Waals surface area contributed by atoms with Crippen LogP contribution in [0.15, 0.2) is 21.1 Å². The summed E-state index contributed by atoms with van der Waals surface area (Å²) in [5.41, 5.74) is 6.99. The number of anilines is 2. The standard InChI is InChI=1S/C10H12Br2N2OS/c1-16-3-2-9(15)14-10-7(12)4-6(11)5-8(10)13/h4-5H,2-3,13H2,1H3,(H,14,15). The molecule has 16 heavy (non-hydrogen) atoms. The Kier molecular flexibility index (Phi) is 5.64. The van der Waals surface area contributed by atoms with Crippen LogP contribution in [0.1, 0.15) is 6.42 Å². The second-order valence-electron chi connectivity index (χ2n) is 3.14. The number of rotatable bonds is 4. The van der Waals surface area contributed by atoms with Gasteiger partial charge in [-0.25, -0.2) is 0 Å². The first kappa shape index (κ1) is 13.9. The summed E-state index contributed by atoms with van der Waals surface area (Å²) >= 11 is 8.33. The van der Waals surface area contributed by atoms with Gasteiger partial charge in [-0.15, -0.1) is 0 Å². The highest BCUT2D eigenvalue weighted by Crippen LogP contribution is 2.32. The van der Waals surface area contributed by atoms with Crippen LogP contribution < -0.4 is 11.1 Å². The van der Waals surface area contributed by atoms with Gasteiger partial charge in [0.15, 0.2) is 0 Å². The van der Waals surface area contributed by atoms with Gasteiger partial charge in [0.25, 0.3) is 0 Å². The van der Waals surface area contributed by atoms with Gasteiger partial charge in [0, 0.05) is 21.1 Å². The van der Waals surface area contributed by atoms with Crippen LogP contribution in [0.3, 0.4) is 0 Å². The second kappa shape index (κ2) is 6.51. The number of halogens is 2. The zero-order valence-corrected chi connectivity index (χ0v) is 12.7. The van der Waals surface area contributed by atoms with Crippen LogP contribution in [0, 0.1) is 0 Å². The molecule has 0 bridgehead atoms. The first-order valence-corrected chi connectivity index (χ1v) is 7.56. The Bertz CT molecular complexity index is 375. The van der Waals surface area contributed by atoms with E-state index in [0.717, 1.165) is 14.7 Å². The fourth-order valence-corrected chi connectivity index (χ4v) is 2.87. The van der Waals surface area contributed by atoms with Gasteiger partial charge in [-0.05, 0) is 34.3 Å². The van der Waals surface area contributed by atoms with Gasteiger partial charge in [0.05, 0.1) is 11.4 Å². The number of benzene rings is 1. The van der Waals surface area contributed by atoms with Gasteiger partial charge in [0.1, 0.15) is 0 Å². The van der Waals surface area contributed by atoms with E-state index in [1.54, 1.807) is 17.8 Å². The molecule has 0 atom stereocenters. The van der Waals surface area contributed by atoms with Crippen molar-refractivity contribution in [2.24, 2.45) is 0 Å². The summed E-state index contributed by atoms with van der Waals surface area (Å²) in [5, 5.41) is 2.80. The molecule has 1 aromatic rings. The molecule has 0 aromatic heterocycles. The first-order chi connectivity index (χ1) is 7.54. The van der Waals surface area contributed by atoms with Crippen LogP contribution in [0.4, 0.5) is 11.4 Å². The smallest absolute Gasteiger partial charge is 0.225 e. The molecule has 0 spiro atoms. The number of thioether (sulfide) groups is 1. The van der Waals surface area contributed by atoms with Crippen LogP contribution in [-0.2, 0) is 4.79 Å². The van der Waals surface area contributed by atoms with E-state index in [-0.39, 0.29) is 5.91 Å². The molecule has 3 N–H and O–H groups in total. The molecule has 1 rings (SSSR count). The first-order valence-electron chi connectivity index (χ1n) is 4.58. The van der Waals surface area contributed by atoms with Crippen molar-refractivity contribution < 1.29 is 4.79 Å². The number of hydrogen-bond acceptors (Lipinski definition) is 3. The summed E-state index contributed by atoms with van der Waals surface area (Å²) in [6, 6.07) is 3.61. The molecule has 3 nitrogen and oxygen atoms in total. The molecule has 1 amide bonds. The average Bonchev–Trinajstić information content (AvgIpc) is 2.20. The molecule has 88 valence electrons. The van der Waals surface area contributed by atoms with E-state index >= 15 is 0 Å². The maximum atomic E-state index is 11.5. The number of amides is 1. The SMILES string of the molecule is CSCCC(=O)Nc1c(N)cc(Br)cc1Br. The highest BCUT2D eigenvalue weighted by Gasteiger charge is 2.09. The Hall–Kier alpha value is -0.200. The third-order valence-corrected chi connectivity index (χ3v) is 3.58. The molecular formula is C10H12Br2N2OS. The second-order valence-corrected chi connectivity index (χ2v) is 5.90. The molecule has 6 heteroatoms. The lowest BCUT2D eigenvalue weighted by atomic mass is 10.2. The molecule has 0 saturated heterocycles. The molecule has 0 aliphatic heterocycles. The third kappa shape index (κ3) is 3.99. The van der Waals surface area contributed by atoms with E-state index in [2.05, 4.69) is 37.2 Å². The predicted octanol–water partition coefficient (Wildman–Crippen LogP) is 3.49. The number of nitrogens with one attached hydrogen (secondary N) is 1. The lowest BCUT2D eigenvalue weighted by Crippen LogP contribution is -2.14. The number of nitrogen functional groups attached to an aromatic ring is 1. The highest BCUT2D eigenvalue weighted by atomic mass is 79.9. The summed E-state index contributed by atoms with van der Waals surface area (Å²) < 4.78 is 1.65. The van der Waals surface area contributed by atoms with Gasteiger partial charge in [-0.1, -0.05) is 15.9 Å². The number of carbonyl (C=O) groups excluding carboxylic acids is 1. The van der Waals surface area contributed by atoms with Crippen LogP contribution in [0.2, 0.25) is 0 Å². The van der Waals surface area contributed by atoms with Gasteiger partial charge in [-0.3, -0.25) is 4.79 Å². The van der Waals surface area contributed by atoms with E-state index in [1.165, 1.54) is 0 Å². The van der Waals surface area contributed by atoms with Crippen molar-refractivity contribution in [1.29, 1.82) is 0 Å². The van der Waals surface area contributed by atoms with Crippen molar-refractivity contribution in [2.45, 2.75) is 6.42 Å². The van der Waals surface area contributed by atoms with Gasteiger partial charge in [0.2, 0.25) is 5.91 Å². The third-order valence-electron chi connectivity index (χ3n) is 1.88.